The fourth-order valence-electron chi connectivity index (χ4n) is 3.31. The minimum absolute atomic E-state index is 0.355. The van der Waals surface area contributed by atoms with Gasteiger partial charge in [-0.3, -0.25) is 4.90 Å². The Morgan fingerprint density at radius 2 is 1.87 bits per heavy atom. The molecule has 1 aliphatic heterocycles. The minimum atomic E-state index is 0.355. The summed E-state index contributed by atoms with van der Waals surface area (Å²) in [6.45, 7) is 5.09. The molecule has 1 aliphatic carbocycles. The molecule has 0 amide bonds. The monoisotopic (exact) mass is 211 g/mol. The molecule has 1 saturated heterocycles. The fourth-order valence-corrected chi connectivity index (χ4v) is 3.31. The number of likely N-dealkylation sites (tertiary alicyclic amines) is 1. The molecule has 1 N–H and O–H groups in total. The largest absolute Gasteiger partial charge is 0.395 e. The van der Waals surface area contributed by atoms with Gasteiger partial charge in [-0.25, -0.2) is 0 Å². The van der Waals surface area contributed by atoms with Crippen molar-refractivity contribution in [2.75, 3.05) is 19.7 Å². The van der Waals surface area contributed by atoms with Crippen molar-refractivity contribution in [1.82, 2.24) is 4.90 Å². The molecule has 2 aliphatic rings. The van der Waals surface area contributed by atoms with E-state index in [4.69, 9.17) is 0 Å². The predicted octanol–water partition coefficient (Wildman–Crippen LogP) is 2.27. The highest BCUT2D eigenvalue weighted by molar-refractivity contribution is 4.85. The van der Waals surface area contributed by atoms with Gasteiger partial charge < -0.3 is 5.11 Å². The molecule has 2 heteroatoms. The minimum Gasteiger partial charge on any atom is -0.395 e. The Labute approximate surface area is 93.7 Å². The van der Waals surface area contributed by atoms with Crippen LogP contribution in [-0.2, 0) is 0 Å². The zero-order chi connectivity index (χ0) is 10.7. The van der Waals surface area contributed by atoms with Crippen LogP contribution in [0.2, 0.25) is 0 Å². The molecule has 0 aromatic heterocycles. The summed E-state index contributed by atoms with van der Waals surface area (Å²) in [6, 6.07) is 0.451. The van der Waals surface area contributed by atoms with Crippen molar-refractivity contribution in [3.8, 4) is 0 Å². The molecule has 88 valence electrons. The molecule has 0 spiro atoms. The van der Waals surface area contributed by atoms with Crippen molar-refractivity contribution in [2.45, 2.75) is 51.5 Å². The first-order valence-corrected chi connectivity index (χ1v) is 6.66. The molecule has 2 rings (SSSR count). The van der Waals surface area contributed by atoms with Crippen LogP contribution in [0.4, 0.5) is 0 Å². The van der Waals surface area contributed by atoms with Crippen LogP contribution in [0.15, 0.2) is 0 Å². The zero-order valence-corrected chi connectivity index (χ0v) is 9.99. The summed E-state index contributed by atoms with van der Waals surface area (Å²) in [5.74, 6) is 1.61. The number of aliphatic hydroxyl groups excluding tert-OH is 1. The maximum Gasteiger partial charge on any atom is 0.0589 e. The Bertz CT molecular complexity index is 189. The third-order valence-corrected chi connectivity index (χ3v) is 4.40. The highest BCUT2D eigenvalue weighted by Gasteiger charge is 2.31. The zero-order valence-electron chi connectivity index (χ0n) is 9.99. The second kappa shape index (κ2) is 5.31. The lowest BCUT2D eigenvalue weighted by atomic mass is 9.88. The van der Waals surface area contributed by atoms with E-state index in [0.717, 1.165) is 5.92 Å². The Balaban J connectivity index is 1.82. The first-order chi connectivity index (χ1) is 7.31. The third-order valence-electron chi connectivity index (χ3n) is 4.40. The van der Waals surface area contributed by atoms with E-state index in [1.54, 1.807) is 0 Å². The lowest BCUT2D eigenvalue weighted by molar-refractivity contribution is 0.116. The summed E-state index contributed by atoms with van der Waals surface area (Å²) in [4.78, 5) is 2.54. The molecule has 2 fully saturated rings. The summed E-state index contributed by atoms with van der Waals surface area (Å²) in [7, 11) is 0. The van der Waals surface area contributed by atoms with Gasteiger partial charge in [-0.1, -0.05) is 26.2 Å². The topological polar surface area (TPSA) is 23.5 Å². The van der Waals surface area contributed by atoms with E-state index < -0.39 is 0 Å². The van der Waals surface area contributed by atoms with E-state index in [2.05, 4.69) is 11.8 Å². The van der Waals surface area contributed by atoms with E-state index in [0.29, 0.717) is 18.6 Å². The quantitative estimate of drug-likeness (QED) is 0.774. The van der Waals surface area contributed by atoms with Gasteiger partial charge in [-0.05, 0) is 37.6 Å². The molecule has 2 atom stereocenters. The van der Waals surface area contributed by atoms with Crippen molar-refractivity contribution in [3.05, 3.63) is 0 Å². The fraction of sp³-hybridized carbons (Fsp3) is 1.00. The molecule has 2 unspecified atom stereocenters. The highest BCUT2D eigenvalue weighted by Crippen LogP contribution is 2.29. The Hall–Kier alpha value is -0.0800. The maximum absolute atomic E-state index is 9.39. The summed E-state index contributed by atoms with van der Waals surface area (Å²) in [5, 5.41) is 9.39. The second-order valence-electron chi connectivity index (χ2n) is 5.51. The first kappa shape index (κ1) is 11.4. The van der Waals surface area contributed by atoms with Gasteiger partial charge in [0.2, 0.25) is 0 Å². The van der Waals surface area contributed by atoms with Gasteiger partial charge in [-0.15, -0.1) is 0 Å². The Morgan fingerprint density at radius 3 is 2.53 bits per heavy atom. The molecule has 2 nitrogen and oxygen atoms in total. The molecule has 0 radical (unpaired) electrons. The van der Waals surface area contributed by atoms with Gasteiger partial charge in [-0.2, -0.15) is 0 Å². The lowest BCUT2D eigenvalue weighted by Crippen LogP contribution is -2.38. The first-order valence-electron chi connectivity index (χ1n) is 6.66. The maximum atomic E-state index is 9.39. The van der Waals surface area contributed by atoms with Crippen molar-refractivity contribution >= 4 is 0 Å². The molecule has 1 saturated carbocycles. The summed E-state index contributed by atoms with van der Waals surface area (Å²) in [5.41, 5.74) is 0. The Kier molecular flexibility index (Phi) is 4.04. The van der Waals surface area contributed by atoms with Crippen molar-refractivity contribution in [1.29, 1.82) is 0 Å². The summed E-state index contributed by atoms with van der Waals surface area (Å²) < 4.78 is 0. The smallest absolute Gasteiger partial charge is 0.0589 e. The van der Waals surface area contributed by atoms with Crippen LogP contribution < -0.4 is 0 Å². The number of hydrogen-bond donors (Lipinski definition) is 1. The van der Waals surface area contributed by atoms with E-state index >= 15 is 0 Å². The van der Waals surface area contributed by atoms with Gasteiger partial charge in [0, 0.05) is 12.6 Å². The molecule has 15 heavy (non-hydrogen) atoms. The van der Waals surface area contributed by atoms with Crippen LogP contribution in [-0.4, -0.2) is 35.7 Å². The standard InChI is InChI=1S/C13H25NO/c1-11-7-8-14(13(11)10-15)9-12-5-3-2-4-6-12/h11-13,15H,2-10H2,1H3. The number of aliphatic hydroxyl groups is 1. The van der Waals surface area contributed by atoms with Gasteiger partial charge in [0.05, 0.1) is 6.61 Å². The van der Waals surface area contributed by atoms with E-state index in [1.165, 1.54) is 51.6 Å². The molecule has 0 aromatic rings. The van der Waals surface area contributed by atoms with Crippen molar-refractivity contribution in [3.63, 3.8) is 0 Å². The number of hydrogen-bond acceptors (Lipinski definition) is 2. The molecule has 0 aromatic carbocycles. The Morgan fingerprint density at radius 1 is 1.13 bits per heavy atom. The average Bonchev–Trinajstić information content (AvgIpc) is 2.61. The van der Waals surface area contributed by atoms with Crippen molar-refractivity contribution < 1.29 is 5.11 Å². The van der Waals surface area contributed by atoms with Gasteiger partial charge >= 0.3 is 0 Å². The van der Waals surface area contributed by atoms with E-state index in [1.807, 2.05) is 0 Å². The number of rotatable bonds is 3. The lowest BCUT2D eigenvalue weighted by Gasteiger charge is -2.31. The molecular weight excluding hydrogens is 186 g/mol. The van der Waals surface area contributed by atoms with Crippen molar-refractivity contribution in [2.24, 2.45) is 11.8 Å². The van der Waals surface area contributed by atoms with Gasteiger partial charge in [0.15, 0.2) is 0 Å². The molecule has 0 bridgehead atoms. The van der Waals surface area contributed by atoms with Crippen LogP contribution in [0.1, 0.15) is 45.4 Å². The van der Waals surface area contributed by atoms with Gasteiger partial charge in [0.25, 0.3) is 0 Å². The van der Waals surface area contributed by atoms with E-state index in [-0.39, 0.29) is 0 Å². The predicted molar refractivity (Wildman–Crippen MR) is 62.8 cm³/mol. The van der Waals surface area contributed by atoms with Crippen LogP contribution in [0.3, 0.4) is 0 Å². The van der Waals surface area contributed by atoms with Crippen LogP contribution in [0.25, 0.3) is 0 Å². The number of nitrogens with zero attached hydrogens (tertiary/aromatic N) is 1. The third kappa shape index (κ3) is 2.73. The van der Waals surface area contributed by atoms with E-state index in [9.17, 15) is 5.11 Å². The second-order valence-corrected chi connectivity index (χ2v) is 5.51. The highest BCUT2D eigenvalue weighted by atomic mass is 16.3. The normalized spacial score (nSPS) is 34.8. The van der Waals surface area contributed by atoms with Crippen LogP contribution in [0, 0.1) is 11.8 Å². The van der Waals surface area contributed by atoms with Crippen LogP contribution in [0.5, 0.6) is 0 Å². The van der Waals surface area contributed by atoms with Gasteiger partial charge in [0.1, 0.15) is 0 Å². The average molecular weight is 211 g/mol. The molecular formula is C13H25NO. The van der Waals surface area contributed by atoms with Crippen LogP contribution >= 0.6 is 0 Å². The SMILES string of the molecule is CC1CCN(CC2CCCCC2)C1CO. The summed E-state index contributed by atoms with van der Waals surface area (Å²) in [6.07, 6.45) is 8.41. The summed E-state index contributed by atoms with van der Waals surface area (Å²) >= 11 is 0. The molecule has 1 heterocycles.